The van der Waals surface area contributed by atoms with E-state index >= 15 is 0 Å². The van der Waals surface area contributed by atoms with Gasteiger partial charge in [0.2, 0.25) is 0 Å². The molecule has 1 N–H and O–H groups in total. The van der Waals surface area contributed by atoms with Crippen LogP contribution in [0, 0.1) is 5.41 Å². The van der Waals surface area contributed by atoms with Crippen LogP contribution in [0.3, 0.4) is 0 Å². The minimum Gasteiger partial charge on any atom is -0.309 e. The molecule has 1 atom stereocenters. The smallest absolute Gasteiger partial charge is 0.0529 e. The van der Waals surface area contributed by atoms with Crippen LogP contribution in [0.4, 0.5) is 0 Å². The summed E-state index contributed by atoms with van der Waals surface area (Å²) in [5.41, 5.74) is 2.74. The van der Waals surface area contributed by atoms with E-state index in [4.69, 9.17) is 5.41 Å². The Labute approximate surface area is 98.7 Å². The highest BCUT2D eigenvalue weighted by molar-refractivity contribution is 5.93. The summed E-state index contributed by atoms with van der Waals surface area (Å²) < 4.78 is 0. The molecule has 0 saturated carbocycles. The van der Waals surface area contributed by atoms with Gasteiger partial charge in [0.05, 0.1) is 5.41 Å². The van der Waals surface area contributed by atoms with Gasteiger partial charge in [-0.25, -0.2) is 0 Å². The summed E-state index contributed by atoms with van der Waals surface area (Å²) in [6.07, 6.45) is 1.82. The quantitative estimate of drug-likeness (QED) is 0.558. The largest absolute Gasteiger partial charge is 0.309 e. The Morgan fingerprint density at radius 1 is 1.25 bits per heavy atom. The van der Waals surface area contributed by atoms with Gasteiger partial charge in [-0.15, -0.1) is 0 Å². The van der Waals surface area contributed by atoms with Crippen LogP contribution in [-0.2, 0) is 5.41 Å². The molecule has 86 valence electrons. The molecule has 0 spiro atoms. The average molecular weight is 215 g/mol. The average Bonchev–Trinajstić information content (AvgIpc) is 2.31. The van der Waals surface area contributed by atoms with Gasteiger partial charge in [0.15, 0.2) is 0 Å². The van der Waals surface area contributed by atoms with Crippen molar-refractivity contribution >= 4 is 5.71 Å². The number of hydrogen-bond donors (Lipinski definition) is 1. The highest BCUT2D eigenvalue weighted by Crippen LogP contribution is 2.37. The molecule has 0 heterocycles. The first-order valence-electron chi connectivity index (χ1n) is 5.89. The van der Waals surface area contributed by atoms with Crippen LogP contribution < -0.4 is 0 Å². The van der Waals surface area contributed by atoms with E-state index in [0.29, 0.717) is 5.71 Å². The van der Waals surface area contributed by atoms with Crippen LogP contribution in [0.2, 0.25) is 0 Å². The van der Waals surface area contributed by atoms with E-state index in [9.17, 15) is 0 Å². The molecule has 0 bridgehead atoms. The zero-order valence-electron chi connectivity index (χ0n) is 10.5. The SMILES string of the molecule is C=C(CC)C(CC)(C(C)=N)c1ccccc1. The first-order valence-corrected chi connectivity index (χ1v) is 5.89. The van der Waals surface area contributed by atoms with Crippen molar-refractivity contribution in [1.29, 1.82) is 5.41 Å². The third-order valence-corrected chi connectivity index (χ3v) is 3.47. The molecular formula is C15H21N. The lowest BCUT2D eigenvalue weighted by Gasteiger charge is -2.35. The Bertz CT molecular complexity index is 378. The molecule has 0 saturated heterocycles. The fourth-order valence-corrected chi connectivity index (χ4v) is 2.43. The normalized spacial score (nSPS) is 14.2. The lowest BCUT2D eigenvalue weighted by molar-refractivity contribution is 0.618. The number of rotatable bonds is 5. The molecule has 0 aliphatic heterocycles. The van der Waals surface area contributed by atoms with Crippen molar-refractivity contribution in [3.8, 4) is 0 Å². The van der Waals surface area contributed by atoms with Crippen LogP contribution in [0.1, 0.15) is 39.2 Å². The van der Waals surface area contributed by atoms with Gasteiger partial charge in [-0.2, -0.15) is 0 Å². The molecule has 0 aliphatic carbocycles. The fraction of sp³-hybridized carbons (Fsp3) is 0.400. The summed E-state index contributed by atoms with van der Waals surface area (Å²) in [6.45, 7) is 10.3. The zero-order valence-corrected chi connectivity index (χ0v) is 10.5. The minimum absolute atomic E-state index is 0.268. The van der Waals surface area contributed by atoms with Crippen molar-refractivity contribution < 1.29 is 0 Å². The Hall–Kier alpha value is -1.37. The van der Waals surface area contributed by atoms with Gasteiger partial charge in [0, 0.05) is 5.71 Å². The lowest BCUT2D eigenvalue weighted by Crippen LogP contribution is -2.34. The first-order chi connectivity index (χ1) is 7.59. The molecule has 0 fully saturated rings. The third-order valence-electron chi connectivity index (χ3n) is 3.47. The maximum absolute atomic E-state index is 8.11. The van der Waals surface area contributed by atoms with Crippen molar-refractivity contribution in [3.63, 3.8) is 0 Å². The van der Waals surface area contributed by atoms with Gasteiger partial charge < -0.3 is 5.41 Å². The third kappa shape index (κ3) is 1.95. The van der Waals surface area contributed by atoms with Crippen LogP contribution in [-0.4, -0.2) is 5.71 Å². The van der Waals surface area contributed by atoms with Gasteiger partial charge >= 0.3 is 0 Å². The van der Waals surface area contributed by atoms with Crippen molar-refractivity contribution in [2.45, 2.75) is 39.0 Å². The number of nitrogens with one attached hydrogen (secondary N) is 1. The molecule has 1 rings (SSSR count). The summed E-state index contributed by atoms with van der Waals surface area (Å²) in [5, 5.41) is 8.11. The van der Waals surface area contributed by atoms with E-state index in [2.05, 4.69) is 32.6 Å². The first kappa shape index (κ1) is 12.7. The van der Waals surface area contributed by atoms with E-state index in [1.165, 1.54) is 5.56 Å². The summed E-state index contributed by atoms with van der Waals surface area (Å²) in [4.78, 5) is 0. The second kappa shape index (κ2) is 5.11. The van der Waals surface area contributed by atoms with Gasteiger partial charge in [-0.05, 0) is 25.3 Å². The standard InChI is InChI=1S/C15H21N/c1-5-12(3)15(6-2,13(4)16)14-10-8-7-9-11-14/h7-11,16H,3,5-6H2,1-2,4H3. The summed E-state index contributed by atoms with van der Waals surface area (Å²) in [6, 6.07) is 10.3. The summed E-state index contributed by atoms with van der Waals surface area (Å²) in [7, 11) is 0. The second-order valence-electron chi connectivity index (χ2n) is 4.21. The zero-order chi connectivity index (χ0) is 12.2. The summed E-state index contributed by atoms with van der Waals surface area (Å²) >= 11 is 0. The van der Waals surface area contributed by atoms with Gasteiger partial charge in [-0.1, -0.05) is 56.3 Å². The molecule has 1 unspecified atom stereocenters. The van der Waals surface area contributed by atoms with Gasteiger partial charge in [0.1, 0.15) is 0 Å². The van der Waals surface area contributed by atoms with Crippen molar-refractivity contribution in [1.82, 2.24) is 0 Å². The van der Waals surface area contributed by atoms with Gasteiger partial charge in [0.25, 0.3) is 0 Å². The molecule has 0 aliphatic rings. The van der Waals surface area contributed by atoms with E-state index in [1.54, 1.807) is 0 Å². The van der Waals surface area contributed by atoms with E-state index in [-0.39, 0.29) is 5.41 Å². The maximum Gasteiger partial charge on any atom is 0.0529 e. The van der Waals surface area contributed by atoms with Crippen molar-refractivity contribution in [3.05, 3.63) is 48.0 Å². The monoisotopic (exact) mass is 215 g/mol. The highest BCUT2D eigenvalue weighted by Gasteiger charge is 2.34. The molecule has 0 aromatic heterocycles. The molecule has 1 aromatic carbocycles. The maximum atomic E-state index is 8.11. The lowest BCUT2D eigenvalue weighted by atomic mass is 9.68. The Morgan fingerprint density at radius 3 is 2.19 bits per heavy atom. The topological polar surface area (TPSA) is 23.9 Å². The Balaban J connectivity index is 3.35. The van der Waals surface area contributed by atoms with Crippen LogP contribution in [0.25, 0.3) is 0 Å². The molecular weight excluding hydrogens is 194 g/mol. The highest BCUT2D eigenvalue weighted by atomic mass is 14.5. The summed E-state index contributed by atoms with van der Waals surface area (Å²) in [5.74, 6) is 0. The number of hydrogen-bond acceptors (Lipinski definition) is 1. The molecule has 1 nitrogen and oxygen atoms in total. The van der Waals surface area contributed by atoms with Crippen molar-refractivity contribution in [2.24, 2.45) is 0 Å². The number of allylic oxidation sites excluding steroid dienone is 1. The molecule has 1 heteroatoms. The van der Waals surface area contributed by atoms with Crippen LogP contribution >= 0.6 is 0 Å². The molecule has 0 radical (unpaired) electrons. The van der Waals surface area contributed by atoms with Crippen LogP contribution in [0.5, 0.6) is 0 Å². The second-order valence-corrected chi connectivity index (χ2v) is 4.21. The number of benzene rings is 1. The fourth-order valence-electron chi connectivity index (χ4n) is 2.43. The Kier molecular flexibility index (Phi) is 4.05. The van der Waals surface area contributed by atoms with Crippen molar-refractivity contribution in [2.75, 3.05) is 0 Å². The Morgan fingerprint density at radius 2 is 1.81 bits per heavy atom. The van der Waals surface area contributed by atoms with Crippen LogP contribution in [0.15, 0.2) is 42.5 Å². The predicted molar refractivity (Wildman–Crippen MR) is 71.2 cm³/mol. The van der Waals surface area contributed by atoms with Gasteiger partial charge in [-0.3, -0.25) is 0 Å². The molecule has 0 amide bonds. The van der Waals surface area contributed by atoms with E-state index in [1.807, 2.05) is 25.1 Å². The molecule has 1 aromatic rings. The van der Waals surface area contributed by atoms with E-state index in [0.717, 1.165) is 18.4 Å². The molecule has 16 heavy (non-hydrogen) atoms. The predicted octanol–water partition coefficient (Wildman–Crippen LogP) is 4.34. The van der Waals surface area contributed by atoms with E-state index < -0.39 is 0 Å². The minimum atomic E-state index is -0.268.